The van der Waals surface area contributed by atoms with Crippen molar-refractivity contribution in [1.29, 1.82) is 0 Å². The summed E-state index contributed by atoms with van der Waals surface area (Å²) >= 11 is 0. The molecule has 56 heavy (non-hydrogen) atoms. The number of hydrogen-bond donors (Lipinski definition) is 4. The number of phenols is 1. The predicted molar refractivity (Wildman–Crippen MR) is 203 cm³/mol. The summed E-state index contributed by atoms with van der Waals surface area (Å²) in [5, 5.41) is 38.2. The maximum atomic E-state index is 14.4. The average molecular weight is 797 g/mol. The number of ether oxygens (including phenoxy) is 10. The van der Waals surface area contributed by atoms with Crippen LogP contribution in [-0.4, -0.2) is 164 Å². The van der Waals surface area contributed by atoms with Crippen LogP contribution < -0.4 is 14.2 Å². The van der Waals surface area contributed by atoms with Crippen molar-refractivity contribution >= 4 is 11.6 Å². The van der Waals surface area contributed by atoms with Crippen molar-refractivity contribution in [2.24, 2.45) is 0 Å². The fourth-order valence-electron chi connectivity index (χ4n) is 5.72. The summed E-state index contributed by atoms with van der Waals surface area (Å²) in [6.45, 7) is 6.13. The molecule has 316 valence electrons. The van der Waals surface area contributed by atoms with E-state index in [-0.39, 0.29) is 131 Å². The Kier molecular flexibility index (Phi) is 24.2. The number of rotatable bonds is 35. The van der Waals surface area contributed by atoms with Gasteiger partial charge in [0.25, 0.3) is 0 Å². The third kappa shape index (κ3) is 16.2. The highest BCUT2D eigenvalue weighted by atomic mass is 16.6. The lowest BCUT2D eigenvalue weighted by atomic mass is 9.81. The second kappa shape index (κ2) is 28.9. The molecule has 1 aliphatic carbocycles. The average Bonchev–Trinajstić information content (AvgIpc) is 3.20. The van der Waals surface area contributed by atoms with Gasteiger partial charge in [-0.1, -0.05) is 12.8 Å². The van der Waals surface area contributed by atoms with Gasteiger partial charge in [-0.15, -0.1) is 0 Å². The number of unbranched alkanes of at least 4 members (excludes halogenated alkanes) is 3. The van der Waals surface area contributed by atoms with E-state index in [4.69, 9.17) is 62.7 Å². The zero-order valence-electron chi connectivity index (χ0n) is 32.6. The molecule has 0 aliphatic heterocycles. The lowest BCUT2D eigenvalue weighted by molar-refractivity contribution is 0.0244. The van der Waals surface area contributed by atoms with E-state index in [0.29, 0.717) is 64.7 Å². The molecule has 16 nitrogen and oxygen atoms in total. The summed E-state index contributed by atoms with van der Waals surface area (Å²) in [5.74, 6) is -0.933. The van der Waals surface area contributed by atoms with Crippen LogP contribution in [0.3, 0.4) is 0 Å². The molecule has 0 radical (unpaired) electrons. The Bertz CT molecular complexity index is 1420. The standard InChI is InChI=1S/C40H60O16/c1-2-47-15-16-51-22-25-55-34-29-31(54-24-21-52-19-17-49-13-9-42)28-33-35(34)38(45)32-27-30(7-5-3-4-6-11-48-12-8-41)37(44)40(36(32)39(33)46)56-26-23-53-20-18-50-14-10-43/h27-29,41-44H,2-26H2,1H3. The van der Waals surface area contributed by atoms with Crippen molar-refractivity contribution in [2.75, 3.05) is 132 Å². The lowest BCUT2D eigenvalue weighted by Crippen LogP contribution is -2.25. The summed E-state index contributed by atoms with van der Waals surface area (Å²) in [6.07, 6.45) is 3.63. The Morgan fingerprint density at radius 1 is 0.482 bits per heavy atom. The second-order valence-electron chi connectivity index (χ2n) is 12.4. The Labute approximate surface area is 328 Å². The zero-order valence-corrected chi connectivity index (χ0v) is 32.6. The number of ketones is 2. The highest BCUT2D eigenvalue weighted by molar-refractivity contribution is 6.30. The second-order valence-corrected chi connectivity index (χ2v) is 12.4. The smallest absolute Gasteiger partial charge is 0.198 e. The first-order valence-electron chi connectivity index (χ1n) is 19.4. The SMILES string of the molecule is CCOCCOCCOc1cc(OCCOCCOCCO)cc2c1C(=O)c1cc(CCCCCCOCCO)c(O)c(OCCOCCOCCO)c1C2=O. The molecule has 16 heteroatoms. The molecule has 0 unspecified atom stereocenters. The first kappa shape index (κ1) is 47.0. The Hall–Kier alpha value is -3.42. The van der Waals surface area contributed by atoms with Gasteiger partial charge < -0.3 is 67.8 Å². The van der Waals surface area contributed by atoms with Crippen LogP contribution in [0.25, 0.3) is 0 Å². The quantitative estimate of drug-likeness (QED) is 0.0631. The van der Waals surface area contributed by atoms with E-state index in [1.807, 2.05) is 6.92 Å². The molecule has 2 aromatic rings. The molecule has 0 saturated heterocycles. The van der Waals surface area contributed by atoms with E-state index in [9.17, 15) is 14.7 Å². The number of carbonyl (C=O) groups excluding carboxylic acids is 2. The minimum Gasteiger partial charge on any atom is -0.504 e. The topological polar surface area (TPSA) is 207 Å². The number of carbonyl (C=O) groups is 2. The normalized spacial score (nSPS) is 12.2. The Morgan fingerprint density at radius 3 is 1.57 bits per heavy atom. The van der Waals surface area contributed by atoms with Crippen LogP contribution in [0.4, 0.5) is 0 Å². The Morgan fingerprint density at radius 2 is 0.964 bits per heavy atom. The van der Waals surface area contributed by atoms with Crippen molar-refractivity contribution in [3.63, 3.8) is 0 Å². The molecule has 0 heterocycles. The van der Waals surface area contributed by atoms with Gasteiger partial charge in [0.1, 0.15) is 31.3 Å². The molecule has 0 saturated carbocycles. The summed E-state index contributed by atoms with van der Waals surface area (Å²) in [6, 6.07) is 4.60. The molecule has 0 atom stereocenters. The van der Waals surface area contributed by atoms with E-state index in [2.05, 4.69) is 0 Å². The summed E-state index contributed by atoms with van der Waals surface area (Å²) in [7, 11) is 0. The van der Waals surface area contributed by atoms with Crippen LogP contribution in [0.5, 0.6) is 23.0 Å². The van der Waals surface area contributed by atoms with Gasteiger partial charge >= 0.3 is 0 Å². The van der Waals surface area contributed by atoms with Crippen LogP contribution in [0, 0.1) is 0 Å². The highest BCUT2D eigenvalue weighted by Crippen LogP contribution is 2.45. The predicted octanol–water partition coefficient (Wildman–Crippen LogP) is 2.52. The van der Waals surface area contributed by atoms with Crippen molar-refractivity contribution in [3.05, 3.63) is 46.0 Å². The van der Waals surface area contributed by atoms with Crippen LogP contribution in [-0.2, 0) is 39.6 Å². The fraction of sp³-hybridized carbons (Fsp3) is 0.650. The van der Waals surface area contributed by atoms with Gasteiger partial charge in [0.2, 0.25) is 0 Å². The largest absolute Gasteiger partial charge is 0.504 e. The number of aliphatic hydroxyl groups excluding tert-OH is 3. The number of phenolic OH excluding ortho intramolecular Hbond substituents is 1. The van der Waals surface area contributed by atoms with Crippen molar-refractivity contribution in [2.45, 2.75) is 39.0 Å². The van der Waals surface area contributed by atoms with Gasteiger partial charge in [-0.2, -0.15) is 0 Å². The summed E-state index contributed by atoms with van der Waals surface area (Å²) < 4.78 is 55.8. The van der Waals surface area contributed by atoms with E-state index < -0.39 is 11.6 Å². The molecular weight excluding hydrogens is 736 g/mol. The molecule has 2 aromatic carbocycles. The monoisotopic (exact) mass is 796 g/mol. The third-order valence-electron chi connectivity index (χ3n) is 8.32. The van der Waals surface area contributed by atoms with Crippen LogP contribution in [0.15, 0.2) is 18.2 Å². The maximum absolute atomic E-state index is 14.4. The van der Waals surface area contributed by atoms with Crippen LogP contribution in [0.1, 0.15) is 70.0 Å². The number of benzene rings is 2. The molecule has 0 amide bonds. The maximum Gasteiger partial charge on any atom is 0.198 e. The van der Waals surface area contributed by atoms with Crippen LogP contribution >= 0.6 is 0 Å². The van der Waals surface area contributed by atoms with Gasteiger partial charge in [-0.25, -0.2) is 0 Å². The minimum absolute atomic E-state index is 0.0233. The van der Waals surface area contributed by atoms with Gasteiger partial charge in [0.15, 0.2) is 23.1 Å². The van der Waals surface area contributed by atoms with E-state index >= 15 is 0 Å². The molecular formula is C40H60O16. The molecule has 0 fully saturated rings. The summed E-state index contributed by atoms with van der Waals surface area (Å²) in [4.78, 5) is 28.8. The molecule has 0 bridgehead atoms. The van der Waals surface area contributed by atoms with E-state index in [0.717, 1.165) is 19.3 Å². The van der Waals surface area contributed by atoms with Gasteiger partial charge in [0.05, 0.1) is 110 Å². The van der Waals surface area contributed by atoms with Gasteiger partial charge in [-0.05, 0) is 43.9 Å². The number of hydrogen-bond acceptors (Lipinski definition) is 16. The number of aryl methyl sites for hydroxylation is 1. The molecule has 0 aromatic heterocycles. The van der Waals surface area contributed by atoms with E-state index in [1.165, 1.54) is 6.07 Å². The number of aliphatic hydroxyl groups is 3. The molecule has 4 N–H and O–H groups in total. The van der Waals surface area contributed by atoms with Crippen molar-refractivity contribution < 1.29 is 77.4 Å². The van der Waals surface area contributed by atoms with Crippen LogP contribution in [0.2, 0.25) is 0 Å². The lowest BCUT2D eigenvalue weighted by Gasteiger charge is -2.25. The Balaban J connectivity index is 1.87. The number of fused-ring (bicyclic) bond motifs is 2. The third-order valence-corrected chi connectivity index (χ3v) is 8.32. The minimum atomic E-state index is -0.548. The van der Waals surface area contributed by atoms with Crippen molar-refractivity contribution in [3.8, 4) is 23.0 Å². The molecule has 1 aliphatic rings. The summed E-state index contributed by atoms with van der Waals surface area (Å²) in [5.41, 5.74) is 0.584. The fourth-order valence-corrected chi connectivity index (χ4v) is 5.72. The van der Waals surface area contributed by atoms with Gasteiger partial charge in [-0.3, -0.25) is 9.59 Å². The zero-order chi connectivity index (χ0) is 40.2. The van der Waals surface area contributed by atoms with Crippen molar-refractivity contribution in [1.82, 2.24) is 0 Å². The molecule has 3 rings (SSSR count). The highest BCUT2D eigenvalue weighted by Gasteiger charge is 2.38. The molecule has 0 spiro atoms. The van der Waals surface area contributed by atoms with E-state index in [1.54, 1.807) is 12.1 Å². The van der Waals surface area contributed by atoms with Gasteiger partial charge in [0, 0.05) is 30.4 Å². The number of aromatic hydroxyl groups is 1. The first-order valence-corrected chi connectivity index (χ1v) is 19.4. The first-order chi connectivity index (χ1) is 27.5.